The van der Waals surface area contributed by atoms with Crippen molar-refractivity contribution in [1.82, 2.24) is 0 Å². The lowest BCUT2D eigenvalue weighted by Gasteiger charge is -2.05. The maximum absolute atomic E-state index is 12.3. The van der Waals surface area contributed by atoms with Gasteiger partial charge in [0.05, 0.1) is 11.4 Å². The van der Waals surface area contributed by atoms with E-state index in [0.717, 1.165) is 0 Å². The molecule has 0 radical (unpaired) electrons. The van der Waals surface area contributed by atoms with Crippen molar-refractivity contribution in [1.29, 1.82) is 0 Å². The minimum absolute atomic E-state index is 0.0732. The van der Waals surface area contributed by atoms with E-state index in [1.165, 1.54) is 0 Å². The van der Waals surface area contributed by atoms with Gasteiger partial charge >= 0.3 is 5.97 Å². The topological polar surface area (TPSA) is 79.5 Å². The lowest BCUT2D eigenvalue weighted by Crippen LogP contribution is -2.10. The maximum atomic E-state index is 12.3. The quantitative estimate of drug-likeness (QED) is 0.633. The largest absolute Gasteiger partial charge is 0.481 e. The van der Waals surface area contributed by atoms with Gasteiger partial charge in [0.2, 0.25) is 0 Å². The zero-order valence-electron chi connectivity index (χ0n) is 13.3. The Labute approximate surface area is 159 Å². The molecule has 0 unspecified atom stereocenters. The average Bonchev–Trinajstić information content (AvgIpc) is 3.08. The Morgan fingerprint density at radius 3 is 2.42 bits per heavy atom. The van der Waals surface area contributed by atoms with Gasteiger partial charge in [-0.3, -0.25) is 9.59 Å². The average molecular weight is 390 g/mol. The fourth-order valence-corrected chi connectivity index (χ4v) is 2.75. The number of carboxylic acids is 1. The SMILES string of the molecule is O=C(O)Cc1ccc(NC(=O)c2ccc(-c3cc(Cl)ccc3Cl)o2)cc1. The summed E-state index contributed by atoms with van der Waals surface area (Å²) in [5.41, 5.74) is 1.77. The van der Waals surface area contributed by atoms with E-state index in [4.69, 9.17) is 32.7 Å². The van der Waals surface area contributed by atoms with Gasteiger partial charge in [-0.1, -0.05) is 35.3 Å². The van der Waals surface area contributed by atoms with Crippen molar-refractivity contribution >= 4 is 40.8 Å². The monoisotopic (exact) mass is 389 g/mol. The van der Waals surface area contributed by atoms with Crippen LogP contribution in [0.5, 0.6) is 0 Å². The van der Waals surface area contributed by atoms with Gasteiger partial charge in [-0.15, -0.1) is 0 Å². The molecule has 0 aliphatic carbocycles. The van der Waals surface area contributed by atoms with Crippen molar-refractivity contribution in [3.63, 3.8) is 0 Å². The number of hydrogen-bond donors (Lipinski definition) is 2. The van der Waals surface area contributed by atoms with E-state index in [9.17, 15) is 9.59 Å². The number of carbonyl (C=O) groups is 2. The van der Waals surface area contributed by atoms with E-state index in [2.05, 4.69) is 5.32 Å². The Bertz CT molecular complexity index is 964. The molecule has 0 spiro atoms. The van der Waals surface area contributed by atoms with Gasteiger partial charge in [-0.05, 0) is 48.0 Å². The van der Waals surface area contributed by atoms with Crippen LogP contribution in [0.1, 0.15) is 16.1 Å². The molecule has 7 heteroatoms. The number of amides is 1. The summed E-state index contributed by atoms with van der Waals surface area (Å²) >= 11 is 12.1. The molecule has 3 aromatic rings. The summed E-state index contributed by atoms with van der Waals surface area (Å²) in [6.45, 7) is 0. The number of halogens is 2. The minimum Gasteiger partial charge on any atom is -0.481 e. The lowest BCUT2D eigenvalue weighted by molar-refractivity contribution is -0.136. The fraction of sp³-hybridized carbons (Fsp3) is 0.0526. The van der Waals surface area contributed by atoms with Gasteiger partial charge in [-0.25, -0.2) is 0 Å². The smallest absolute Gasteiger partial charge is 0.307 e. The van der Waals surface area contributed by atoms with Crippen molar-refractivity contribution < 1.29 is 19.1 Å². The second-order valence-corrected chi connectivity index (χ2v) is 6.35. The number of anilines is 1. The van der Waals surface area contributed by atoms with Crippen LogP contribution < -0.4 is 5.32 Å². The molecule has 0 atom stereocenters. The molecule has 0 saturated carbocycles. The summed E-state index contributed by atoms with van der Waals surface area (Å²) in [4.78, 5) is 23.0. The molecule has 0 aliphatic rings. The Hall–Kier alpha value is -2.76. The van der Waals surface area contributed by atoms with Crippen LogP contribution in [0.15, 0.2) is 59.0 Å². The summed E-state index contributed by atoms with van der Waals surface area (Å²) in [5.74, 6) is -0.796. The Kier molecular flexibility index (Phi) is 5.30. The third kappa shape index (κ3) is 4.25. The Morgan fingerprint density at radius 1 is 1.00 bits per heavy atom. The molecule has 1 heterocycles. The predicted molar refractivity (Wildman–Crippen MR) is 99.9 cm³/mol. The number of carbonyl (C=O) groups excluding carboxylic acids is 1. The third-order valence-corrected chi connectivity index (χ3v) is 4.16. The number of nitrogens with one attached hydrogen (secondary N) is 1. The fourth-order valence-electron chi connectivity index (χ4n) is 2.36. The molecule has 26 heavy (non-hydrogen) atoms. The van der Waals surface area contributed by atoms with Gasteiger partial charge < -0.3 is 14.8 Å². The summed E-state index contributed by atoms with van der Waals surface area (Å²) in [6, 6.07) is 14.7. The second kappa shape index (κ2) is 7.64. The summed E-state index contributed by atoms with van der Waals surface area (Å²) in [7, 11) is 0. The number of furan rings is 1. The van der Waals surface area contributed by atoms with Crippen molar-refractivity contribution in [2.45, 2.75) is 6.42 Å². The molecular formula is C19H13Cl2NO4. The van der Waals surface area contributed by atoms with Crippen LogP contribution in [-0.4, -0.2) is 17.0 Å². The molecule has 132 valence electrons. The van der Waals surface area contributed by atoms with E-state index in [0.29, 0.717) is 32.6 Å². The van der Waals surface area contributed by atoms with Gasteiger partial charge in [0.15, 0.2) is 5.76 Å². The highest BCUT2D eigenvalue weighted by Gasteiger charge is 2.14. The van der Waals surface area contributed by atoms with Crippen LogP contribution in [0.3, 0.4) is 0 Å². The first kappa shape index (κ1) is 18.0. The van der Waals surface area contributed by atoms with Crippen LogP contribution in [0.4, 0.5) is 5.69 Å². The van der Waals surface area contributed by atoms with Crippen LogP contribution in [0.25, 0.3) is 11.3 Å². The first-order valence-electron chi connectivity index (χ1n) is 7.60. The van der Waals surface area contributed by atoms with Gasteiger partial charge in [0.1, 0.15) is 5.76 Å². The number of benzene rings is 2. The van der Waals surface area contributed by atoms with E-state index >= 15 is 0 Å². The minimum atomic E-state index is -0.912. The number of carboxylic acid groups (broad SMARTS) is 1. The number of aliphatic carboxylic acids is 1. The molecule has 3 rings (SSSR count). The predicted octanol–water partition coefficient (Wildman–Crippen LogP) is 5.13. The Morgan fingerprint density at radius 2 is 1.73 bits per heavy atom. The lowest BCUT2D eigenvalue weighted by atomic mass is 10.1. The molecule has 1 aromatic heterocycles. The normalized spacial score (nSPS) is 10.5. The second-order valence-electron chi connectivity index (χ2n) is 5.51. The summed E-state index contributed by atoms with van der Waals surface area (Å²) in [6.07, 6.45) is -0.0732. The van der Waals surface area contributed by atoms with Gasteiger partial charge in [-0.2, -0.15) is 0 Å². The molecule has 2 N–H and O–H groups in total. The third-order valence-electron chi connectivity index (χ3n) is 3.59. The maximum Gasteiger partial charge on any atom is 0.307 e. The molecule has 0 bridgehead atoms. The standard InChI is InChI=1S/C19H13Cl2NO4/c20-12-3-6-15(21)14(10-12)16-7-8-17(26-16)19(25)22-13-4-1-11(2-5-13)9-18(23)24/h1-8,10H,9H2,(H,22,25)(H,23,24). The van der Waals surface area contributed by atoms with Crippen LogP contribution in [0.2, 0.25) is 10.0 Å². The molecule has 2 aromatic carbocycles. The molecule has 1 amide bonds. The highest BCUT2D eigenvalue weighted by Crippen LogP contribution is 2.32. The zero-order chi connectivity index (χ0) is 18.7. The first-order valence-corrected chi connectivity index (χ1v) is 8.35. The molecule has 5 nitrogen and oxygen atoms in total. The van der Waals surface area contributed by atoms with Crippen molar-refractivity contribution in [3.05, 3.63) is 76.0 Å². The van der Waals surface area contributed by atoms with Gasteiger partial charge in [0.25, 0.3) is 5.91 Å². The first-order chi connectivity index (χ1) is 12.4. The van der Waals surface area contributed by atoms with E-state index in [-0.39, 0.29) is 12.2 Å². The molecule has 0 fully saturated rings. The molecule has 0 saturated heterocycles. The van der Waals surface area contributed by atoms with Crippen molar-refractivity contribution in [2.75, 3.05) is 5.32 Å². The van der Waals surface area contributed by atoms with Gasteiger partial charge in [0, 0.05) is 16.3 Å². The number of hydrogen-bond acceptors (Lipinski definition) is 3. The van der Waals surface area contributed by atoms with Crippen LogP contribution in [0, 0.1) is 0 Å². The van der Waals surface area contributed by atoms with E-state index in [1.807, 2.05) is 0 Å². The highest BCUT2D eigenvalue weighted by molar-refractivity contribution is 6.35. The summed E-state index contributed by atoms with van der Waals surface area (Å²) < 4.78 is 5.58. The van der Waals surface area contributed by atoms with Crippen LogP contribution in [-0.2, 0) is 11.2 Å². The zero-order valence-corrected chi connectivity index (χ0v) is 14.8. The Balaban J connectivity index is 1.74. The van der Waals surface area contributed by atoms with Crippen molar-refractivity contribution in [3.8, 4) is 11.3 Å². The molecular weight excluding hydrogens is 377 g/mol. The van der Waals surface area contributed by atoms with E-state index in [1.54, 1.807) is 54.6 Å². The molecule has 0 aliphatic heterocycles. The number of rotatable bonds is 5. The van der Waals surface area contributed by atoms with Crippen molar-refractivity contribution in [2.24, 2.45) is 0 Å². The van der Waals surface area contributed by atoms with E-state index < -0.39 is 11.9 Å². The summed E-state index contributed by atoms with van der Waals surface area (Å²) in [5, 5.41) is 12.4. The highest BCUT2D eigenvalue weighted by atomic mass is 35.5. The van der Waals surface area contributed by atoms with Crippen LogP contribution >= 0.6 is 23.2 Å².